The zero-order chi connectivity index (χ0) is 23.8. The molecule has 1 amide bonds. The molecule has 0 spiro atoms. The molecular formula is C25H29NO7. The average molecular weight is 456 g/mol. The third-order valence-corrected chi connectivity index (χ3v) is 5.90. The van der Waals surface area contributed by atoms with Crippen molar-refractivity contribution in [3.8, 4) is 11.5 Å². The summed E-state index contributed by atoms with van der Waals surface area (Å²) in [5, 5.41) is 12.2. The second-order valence-corrected chi connectivity index (χ2v) is 7.99. The van der Waals surface area contributed by atoms with Gasteiger partial charge >= 0.3 is 11.9 Å². The van der Waals surface area contributed by atoms with Crippen molar-refractivity contribution in [3.63, 3.8) is 0 Å². The lowest BCUT2D eigenvalue weighted by molar-refractivity contribution is -0.150. The molecule has 1 aliphatic carbocycles. The van der Waals surface area contributed by atoms with Crippen LogP contribution in [0.15, 0.2) is 48.5 Å². The van der Waals surface area contributed by atoms with E-state index in [2.05, 4.69) is 5.32 Å². The van der Waals surface area contributed by atoms with E-state index in [9.17, 15) is 19.5 Å². The molecule has 33 heavy (non-hydrogen) atoms. The Morgan fingerprint density at radius 3 is 2.33 bits per heavy atom. The average Bonchev–Trinajstić information content (AvgIpc) is 2.85. The molecule has 8 nitrogen and oxygen atoms in total. The summed E-state index contributed by atoms with van der Waals surface area (Å²) in [5.74, 6) is -2.71. The van der Waals surface area contributed by atoms with Gasteiger partial charge in [0.15, 0.2) is 17.5 Å². The summed E-state index contributed by atoms with van der Waals surface area (Å²) in [6, 6.07) is 13.5. The van der Waals surface area contributed by atoms with Crippen molar-refractivity contribution in [3.05, 3.63) is 59.7 Å². The summed E-state index contributed by atoms with van der Waals surface area (Å²) >= 11 is 0. The Hall–Kier alpha value is -3.55. The van der Waals surface area contributed by atoms with Crippen LogP contribution >= 0.6 is 0 Å². The molecule has 1 saturated carbocycles. The maximum Gasteiger partial charge on any atom is 0.333 e. The first-order valence-electron chi connectivity index (χ1n) is 10.9. The summed E-state index contributed by atoms with van der Waals surface area (Å²) in [4.78, 5) is 37.1. The number of ether oxygens (including phenoxy) is 3. The maximum atomic E-state index is 13.0. The number of hydrogen-bond acceptors (Lipinski definition) is 6. The number of carbonyl (C=O) groups is 3. The highest BCUT2D eigenvalue weighted by Gasteiger charge is 2.37. The maximum absolute atomic E-state index is 13.0. The van der Waals surface area contributed by atoms with Gasteiger partial charge in [0.05, 0.1) is 26.1 Å². The summed E-state index contributed by atoms with van der Waals surface area (Å²) in [5.41, 5.74) is 1.44. The van der Waals surface area contributed by atoms with Crippen molar-refractivity contribution in [2.45, 2.75) is 38.3 Å². The van der Waals surface area contributed by atoms with Gasteiger partial charge in [0.2, 0.25) is 5.91 Å². The Balaban J connectivity index is 1.79. The number of hydrogen-bond donors (Lipinski definition) is 2. The van der Waals surface area contributed by atoms with Crippen molar-refractivity contribution in [1.29, 1.82) is 0 Å². The van der Waals surface area contributed by atoms with E-state index in [0.717, 1.165) is 18.4 Å². The number of carbonyl (C=O) groups excluding carboxylic acids is 2. The minimum atomic E-state index is -1.10. The number of nitrogens with one attached hydrogen (secondary N) is 1. The third kappa shape index (κ3) is 6.03. The van der Waals surface area contributed by atoms with Crippen LogP contribution in [0.4, 0.5) is 0 Å². The van der Waals surface area contributed by atoms with Crippen LogP contribution in [0.25, 0.3) is 0 Å². The van der Waals surface area contributed by atoms with Crippen LogP contribution < -0.4 is 14.8 Å². The molecule has 3 rings (SSSR count). The highest BCUT2D eigenvalue weighted by molar-refractivity contribution is 5.89. The first kappa shape index (κ1) is 24.1. The molecule has 2 aromatic rings. The topological polar surface area (TPSA) is 111 Å². The predicted octanol–water partition coefficient (Wildman–Crippen LogP) is 3.50. The second-order valence-electron chi connectivity index (χ2n) is 7.99. The fourth-order valence-corrected chi connectivity index (χ4v) is 4.10. The molecule has 0 bridgehead atoms. The minimum absolute atomic E-state index is 0.339. The molecule has 0 heterocycles. The minimum Gasteiger partial charge on any atom is -0.493 e. The highest BCUT2D eigenvalue weighted by Crippen LogP contribution is 2.33. The molecule has 1 aliphatic rings. The molecule has 0 saturated heterocycles. The van der Waals surface area contributed by atoms with Gasteiger partial charge in [-0.2, -0.15) is 0 Å². The number of carboxylic acids is 1. The quantitative estimate of drug-likeness (QED) is 0.557. The first-order chi connectivity index (χ1) is 15.9. The smallest absolute Gasteiger partial charge is 0.333 e. The van der Waals surface area contributed by atoms with E-state index in [4.69, 9.17) is 14.2 Å². The standard InChI is InChI=1S/C25H29NO7/c1-31-21-14-17(12-13-20(21)33-15-16-8-4-3-5-9-16)22(25(30)32-2)26-23(27)18-10-6-7-11-19(18)24(28)29/h3-5,8-9,12-14,18-19,22H,6-7,10-11,15H2,1-2H3,(H,26,27)(H,28,29). The summed E-state index contributed by atoms with van der Waals surface area (Å²) in [7, 11) is 2.72. The van der Waals surface area contributed by atoms with Crippen molar-refractivity contribution in [1.82, 2.24) is 5.32 Å². The molecule has 0 aromatic heterocycles. The summed E-state index contributed by atoms with van der Waals surface area (Å²) < 4.78 is 16.2. The molecular weight excluding hydrogens is 426 g/mol. The van der Waals surface area contributed by atoms with Crippen LogP contribution in [0.2, 0.25) is 0 Å². The van der Waals surface area contributed by atoms with E-state index >= 15 is 0 Å². The van der Waals surface area contributed by atoms with Crippen molar-refractivity contribution < 1.29 is 33.7 Å². The molecule has 2 aromatic carbocycles. The van der Waals surface area contributed by atoms with Crippen LogP contribution in [0.3, 0.4) is 0 Å². The lowest BCUT2D eigenvalue weighted by Gasteiger charge is -2.29. The number of aliphatic carboxylic acids is 1. The Kier molecular flexibility index (Phi) is 8.29. The summed E-state index contributed by atoms with van der Waals surface area (Å²) in [6.07, 6.45) is 2.44. The molecule has 8 heteroatoms. The van der Waals surface area contributed by atoms with Crippen molar-refractivity contribution >= 4 is 17.8 Å². The lowest BCUT2D eigenvalue weighted by atomic mass is 9.78. The molecule has 176 valence electrons. The zero-order valence-electron chi connectivity index (χ0n) is 18.8. The second kappa shape index (κ2) is 11.4. The number of amides is 1. The zero-order valence-corrected chi connectivity index (χ0v) is 18.8. The van der Waals surface area contributed by atoms with Gasteiger partial charge in [-0.05, 0) is 36.1 Å². The first-order valence-corrected chi connectivity index (χ1v) is 10.9. The Labute approximate surface area is 192 Å². The SMILES string of the molecule is COC(=O)C(NC(=O)C1CCCCC1C(=O)O)c1ccc(OCc2ccccc2)c(OC)c1. The van der Waals surface area contributed by atoms with Gasteiger partial charge in [0.25, 0.3) is 0 Å². The van der Waals surface area contributed by atoms with E-state index in [1.54, 1.807) is 18.2 Å². The van der Waals surface area contributed by atoms with Crippen molar-refractivity contribution in [2.75, 3.05) is 14.2 Å². The molecule has 2 N–H and O–H groups in total. The third-order valence-electron chi connectivity index (χ3n) is 5.90. The van der Waals surface area contributed by atoms with Crippen LogP contribution in [0.5, 0.6) is 11.5 Å². The van der Waals surface area contributed by atoms with E-state index in [-0.39, 0.29) is 0 Å². The van der Waals surface area contributed by atoms with Gasteiger partial charge in [0, 0.05) is 0 Å². The van der Waals surface area contributed by atoms with Crippen LogP contribution in [-0.2, 0) is 25.7 Å². The van der Waals surface area contributed by atoms with Gasteiger partial charge < -0.3 is 24.6 Å². The monoisotopic (exact) mass is 455 g/mol. The fraction of sp³-hybridized carbons (Fsp3) is 0.400. The van der Waals surface area contributed by atoms with E-state index in [0.29, 0.717) is 36.5 Å². The fourth-order valence-electron chi connectivity index (χ4n) is 4.10. The molecule has 3 atom stereocenters. The lowest BCUT2D eigenvalue weighted by Crippen LogP contribution is -2.43. The van der Waals surface area contributed by atoms with E-state index in [1.807, 2.05) is 30.3 Å². The molecule has 3 unspecified atom stereocenters. The predicted molar refractivity (Wildman–Crippen MR) is 120 cm³/mol. The van der Waals surface area contributed by atoms with Gasteiger partial charge in [-0.15, -0.1) is 0 Å². The largest absolute Gasteiger partial charge is 0.493 e. The highest BCUT2D eigenvalue weighted by atomic mass is 16.5. The number of benzene rings is 2. The molecule has 0 radical (unpaired) electrons. The van der Waals surface area contributed by atoms with Gasteiger partial charge in [-0.3, -0.25) is 9.59 Å². The van der Waals surface area contributed by atoms with Crippen LogP contribution in [0, 0.1) is 11.8 Å². The van der Waals surface area contributed by atoms with E-state index in [1.165, 1.54) is 14.2 Å². The Morgan fingerprint density at radius 1 is 1.00 bits per heavy atom. The summed E-state index contributed by atoms with van der Waals surface area (Å²) in [6.45, 7) is 0.339. The molecule has 1 fully saturated rings. The van der Waals surface area contributed by atoms with Crippen LogP contribution in [-0.4, -0.2) is 37.2 Å². The van der Waals surface area contributed by atoms with Gasteiger partial charge in [-0.25, -0.2) is 4.79 Å². The van der Waals surface area contributed by atoms with Crippen molar-refractivity contribution in [2.24, 2.45) is 11.8 Å². The molecule has 0 aliphatic heterocycles. The normalized spacial score (nSPS) is 18.6. The Bertz CT molecular complexity index is 976. The van der Waals surface area contributed by atoms with Crippen LogP contribution in [0.1, 0.15) is 42.9 Å². The number of methoxy groups -OCH3 is 2. The number of carboxylic acid groups (broad SMARTS) is 1. The van der Waals surface area contributed by atoms with E-state index < -0.39 is 35.7 Å². The van der Waals surface area contributed by atoms with Gasteiger partial charge in [-0.1, -0.05) is 49.2 Å². The van der Waals surface area contributed by atoms with Gasteiger partial charge in [0.1, 0.15) is 6.61 Å². The number of rotatable bonds is 9. The Morgan fingerprint density at radius 2 is 1.70 bits per heavy atom. The number of esters is 1.